The van der Waals surface area contributed by atoms with Gasteiger partial charge in [-0.05, 0) is 25.0 Å². The molecule has 14 heavy (non-hydrogen) atoms. The third-order valence-corrected chi connectivity index (χ3v) is 1.93. The molecule has 0 aromatic rings. The summed E-state index contributed by atoms with van der Waals surface area (Å²) in [4.78, 5) is 22.0. The van der Waals surface area contributed by atoms with E-state index in [2.05, 4.69) is 0 Å². The molecular weight excluding hydrogens is 182 g/mol. The van der Waals surface area contributed by atoms with Crippen LogP contribution in [0.3, 0.4) is 0 Å². The topological polar surface area (TPSA) is 66.4 Å². The van der Waals surface area contributed by atoms with E-state index in [-0.39, 0.29) is 5.78 Å². The number of hydroxylamine groups is 1. The van der Waals surface area contributed by atoms with Crippen molar-refractivity contribution in [1.29, 1.82) is 0 Å². The van der Waals surface area contributed by atoms with Gasteiger partial charge < -0.3 is 0 Å². The van der Waals surface area contributed by atoms with Crippen molar-refractivity contribution >= 4 is 11.7 Å². The van der Waals surface area contributed by atoms with Crippen molar-refractivity contribution in [2.75, 3.05) is 0 Å². The number of amides is 1. The SMILES string of the molecule is CC(=O)C1=CC=CC(C(=O)NO)=CC1. The Balaban J connectivity index is 2.82. The monoisotopic (exact) mass is 193 g/mol. The quantitative estimate of drug-likeness (QED) is 0.505. The first-order valence-corrected chi connectivity index (χ1v) is 4.18. The van der Waals surface area contributed by atoms with E-state index in [4.69, 9.17) is 5.21 Å². The molecule has 0 aromatic carbocycles. The zero-order valence-corrected chi connectivity index (χ0v) is 7.78. The zero-order chi connectivity index (χ0) is 10.6. The summed E-state index contributed by atoms with van der Waals surface area (Å²) in [7, 11) is 0. The molecule has 1 rings (SSSR count). The standard InChI is InChI=1S/C10H11NO3/c1-7(12)8-3-2-4-9(6-5-8)10(13)11-14/h2-4,6,14H,5H2,1H3,(H,11,13). The first-order chi connectivity index (χ1) is 6.65. The molecular formula is C10H11NO3. The molecule has 0 fully saturated rings. The van der Waals surface area contributed by atoms with E-state index in [1.54, 1.807) is 24.3 Å². The van der Waals surface area contributed by atoms with Crippen molar-refractivity contribution in [3.05, 3.63) is 35.5 Å². The fourth-order valence-electron chi connectivity index (χ4n) is 1.12. The van der Waals surface area contributed by atoms with Gasteiger partial charge in [-0.25, -0.2) is 5.48 Å². The minimum atomic E-state index is -0.570. The number of allylic oxidation sites excluding steroid dienone is 4. The van der Waals surface area contributed by atoms with Crippen LogP contribution >= 0.6 is 0 Å². The maximum absolute atomic E-state index is 11.0. The predicted octanol–water partition coefficient (Wildman–Crippen LogP) is 0.893. The maximum atomic E-state index is 11.0. The van der Waals surface area contributed by atoms with Crippen LogP contribution in [0.1, 0.15) is 13.3 Å². The van der Waals surface area contributed by atoms with Gasteiger partial charge in [-0.3, -0.25) is 14.8 Å². The Kier molecular flexibility index (Phi) is 3.36. The van der Waals surface area contributed by atoms with E-state index in [9.17, 15) is 9.59 Å². The lowest BCUT2D eigenvalue weighted by molar-refractivity contribution is -0.125. The molecule has 4 nitrogen and oxygen atoms in total. The van der Waals surface area contributed by atoms with Gasteiger partial charge in [-0.2, -0.15) is 0 Å². The molecule has 1 aliphatic carbocycles. The van der Waals surface area contributed by atoms with Gasteiger partial charge in [-0.15, -0.1) is 0 Å². The van der Waals surface area contributed by atoms with Crippen LogP contribution in [-0.4, -0.2) is 16.9 Å². The summed E-state index contributed by atoms with van der Waals surface area (Å²) >= 11 is 0. The Morgan fingerprint density at radius 1 is 1.50 bits per heavy atom. The third kappa shape index (κ3) is 2.40. The molecule has 0 saturated heterocycles. The van der Waals surface area contributed by atoms with Gasteiger partial charge in [0, 0.05) is 5.57 Å². The highest BCUT2D eigenvalue weighted by molar-refractivity contribution is 5.97. The Hall–Kier alpha value is -1.68. The first kappa shape index (κ1) is 10.4. The minimum absolute atomic E-state index is 0.0171. The highest BCUT2D eigenvalue weighted by Gasteiger charge is 2.08. The highest BCUT2D eigenvalue weighted by Crippen LogP contribution is 2.12. The van der Waals surface area contributed by atoms with Gasteiger partial charge in [-0.1, -0.05) is 18.2 Å². The summed E-state index contributed by atoms with van der Waals surface area (Å²) in [6.07, 6.45) is 6.83. The van der Waals surface area contributed by atoms with Crippen LogP contribution in [0.25, 0.3) is 0 Å². The summed E-state index contributed by atoms with van der Waals surface area (Å²) in [5.41, 5.74) is 2.53. The number of carbonyl (C=O) groups is 2. The van der Waals surface area contributed by atoms with Gasteiger partial charge >= 0.3 is 0 Å². The Morgan fingerprint density at radius 2 is 2.21 bits per heavy atom. The number of nitrogens with one attached hydrogen (secondary N) is 1. The summed E-state index contributed by atoms with van der Waals surface area (Å²) < 4.78 is 0. The number of Topliss-reactive ketones (excluding diaryl/α,β-unsaturated/α-hetero) is 1. The zero-order valence-electron chi connectivity index (χ0n) is 7.78. The lowest BCUT2D eigenvalue weighted by atomic mass is 10.1. The van der Waals surface area contributed by atoms with Crippen molar-refractivity contribution in [3.63, 3.8) is 0 Å². The molecule has 0 saturated carbocycles. The van der Waals surface area contributed by atoms with Crippen molar-refractivity contribution in [2.24, 2.45) is 0 Å². The third-order valence-electron chi connectivity index (χ3n) is 1.93. The van der Waals surface area contributed by atoms with Crippen LogP contribution in [0.15, 0.2) is 35.5 Å². The summed E-state index contributed by atoms with van der Waals surface area (Å²) in [5, 5.41) is 8.40. The number of hydrogen-bond acceptors (Lipinski definition) is 3. The fraction of sp³-hybridized carbons (Fsp3) is 0.200. The van der Waals surface area contributed by atoms with Gasteiger partial charge in [0.1, 0.15) is 0 Å². The number of carbonyl (C=O) groups excluding carboxylic acids is 2. The molecule has 0 aliphatic heterocycles. The molecule has 74 valence electrons. The average molecular weight is 193 g/mol. The molecule has 0 spiro atoms. The van der Waals surface area contributed by atoms with Crippen molar-refractivity contribution in [2.45, 2.75) is 13.3 Å². The fourth-order valence-corrected chi connectivity index (χ4v) is 1.12. The largest absolute Gasteiger partial charge is 0.295 e. The molecule has 4 heteroatoms. The Bertz CT molecular complexity index is 350. The minimum Gasteiger partial charge on any atom is -0.295 e. The summed E-state index contributed by atoms with van der Waals surface area (Å²) in [6.45, 7) is 1.48. The lowest BCUT2D eigenvalue weighted by Crippen LogP contribution is -2.19. The first-order valence-electron chi connectivity index (χ1n) is 4.18. The number of ketones is 1. The van der Waals surface area contributed by atoms with Crippen LogP contribution < -0.4 is 5.48 Å². The molecule has 0 bridgehead atoms. The molecule has 0 heterocycles. The summed E-state index contributed by atoms with van der Waals surface area (Å²) in [5.74, 6) is -0.587. The van der Waals surface area contributed by atoms with Gasteiger partial charge in [0.15, 0.2) is 5.78 Å². The molecule has 0 atom stereocenters. The molecule has 0 unspecified atom stereocenters. The smallest absolute Gasteiger partial charge is 0.274 e. The number of hydrogen-bond donors (Lipinski definition) is 2. The second-order valence-corrected chi connectivity index (χ2v) is 2.91. The lowest BCUT2D eigenvalue weighted by Gasteiger charge is -1.98. The van der Waals surface area contributed by atoms with E-state index in [1.807, 2.05) is 0 Å². The summed E-state index contributed by atoms with van der Waals surface area (Å²) in [6, 6.07) is 0. The second-order valence-electron chi connectivity index (χ2n) is 2.91. The van der Waals surface area contributed by atoms with E-state index in [1.165, 1.54) is 12.4 Å². The molecule has 1 aliphatic rings. The van der Waals surface area contributed by atoms with Gasteiger partial charge in [0.2, 0.25) is 0 Å². The van der Waals surface area contributed by atoms with E-state index >= 15 is 0 Å². The van der Waals surface area contributed by atoms with E-state index in [0.29, 0.717) is 17.6 Å². The Morgan fingerprint density at radius 3 is 2.79 bits per heavy atom. The van der Waals surface area contributed by atoms with E-state index in [0.717, 1.165) is 0 Å². The second kappa shape index (κ2) is 4.53. The van der Waals surface area contributed by atoms with Crippen LogP contribution in [0.2, 0.25) is 0 Å². The van der Waals surface area contributed by atoms with Crippen LogP contribution in [0.5, 0.6) is 0 Å². The van der Waals surface area contributed by atoms with Gasteiger partial charge in [0.05, 0.1) is 0 Å². The van der Waals surface area contributed by atoms with Crippen LogP contribution in [-0.2, 0) is 9.59 Å². The van der Waals surface area contributed by atoms with Crippen LogP contribution in [0, 0.1) is 0 Å². The number of rotatable bonds is 2. The van der Waals surface area contributed by atoms with Crippen molar-refractivity contribution in [3.8, 4) is 0 Å². The molecule has 2 N–H and O–H groups in total. The molecule has 0 aromatic heterocycles. The highest BCUT2D eigenvalue weighted by atomic mass is 16.5. The normalized spacial score (nSPS) is 15.3. The predicted molar refractivity (Wildman–Crippen MR) is 50.5 cm³/mol. The maximum Gasteiger partial charge on any atom is 0.274 e. The molecule has 0 radical (unpaired) electrons. The van der Waals surface area contributed by atoms with Crippen molar-refractivity contribution < 1.29 is 14.8 Å². The van der Waals surface area contributed by atoms with Crippen LogP contribution in [0.4, 0.5) is 0 Å². The molecule has 1 amide bonds. The van der Waals surface area contributed by atoms with Crippen molar-refractivity contribution in [1.82, 2.24) is 5.48 Å². The van der Waals surface area contributed by atoms with Gasteiger partial charge in [0.25, 0.3) is 5.91 Å². The Labute approximate surface area is 81.6 Å². The van der Waals surface area contributed by atoms with E-state index < -0.39 is 5.91 Å². The average Bonchev–Trinajstić information content (AvgIpc) is 2.41.